The Bertz CT molecular complexity index is 237. The lowest BCUT2D eigenvalue weighted by Gasteiger charge is -2.34. The van der Waals surface area contributed by atoms with E-state index in [1.54, 1.807) is 7.11 Å². The van der Waals surface area contributed by atoms with Gasteiger partial charge in [0.25, 0.3) is 0 Å². The van der Waals surface area contributed by atoms with E-state index >= 15 is 0 Å². The number of aliphatic hydroxyl groups is 1. The highest BCUT2D eigenvalue weighted by molar-refractivity contribution is 5.70. The van der Waals surface area contributed by atoms with E-state index in [9.17, 15) is 9.90 Å². The molecule has 1 fully saturated rings. The van der Waals surface area contributed by atoms with E-state index in [0.717, 1.165) is 13.0 Å². The topological polar surface area (TPSA) is 78.8 Å². The Morgan fingerprint density at radius 1 is 1.47 bits per heavy atom. The average Bonchev–Trinajstić information content (AvgIpc) is 2.29. The second kappa shape index (κ2) is 6.93. The molecule has 0 aromatic carbocycles. The number of carboxylic acids is 1. The van der Waals surface area contributed by atoms with Gasteiger partial charge >= 0.3 is 5.97 Å². The van der Waals surface area contributed by atoms with Gasteiger partial charge in [-0.15, -0.1) is 0 Å². The largest absolute Gasteiger partial charge is 0.481 e. The molecule has 0 radical (unpaired) electrons. The first-order chi connectivity index (χ1) is 8.07. The van der Waals surface area contributed by atoms with Crippen LogP contribution in [0, 0.1) is 5.92 Å². The number of ether oxygens (including phenoxy) is 1. The molecule has 0 aromatic rings. The molecule has 0 aliphatic heterocycles. The smallest absolute Gasteiger partial charge is 0.306 e. The summed E-state index contributed by atoms with van der Waals surface area (Å²) < 4.78 is 4.93. The molecule has 0 heterocycles. The maximum atomic E-state index is 10.8. The number of hydrogen-bond donors (Lipinski definition) is 3. The SMILES string of the molecule is COCCCNCC1(O)CCC(C(=O)O)CC1. The van der Waals surface area contributed by atoms with Crippen LogP contribution in [0.5, 0.6) is 0 Å². The van der Waals surface area contributed by atoms with Crippen LogP contribution in [0.15, 0.2) is 0 Å². The molecule has 100 valence electrons. The number of carbonyl (C=O) groups is 1. The summed E-state index contributed by atoms with van der Waals surface area (Å²) in [5.41, 5.74) is -0.723. The van der Waals surface area contributed by atoms with Gasteiger partial charge in [-0.05, 0) is 38.6 Å². The van der Waals surface area contributed by atoms with Crippen LogP contribution in [0.25, 0.3) is 0 Å². The van der Waals surface area contributed by atoms with E-state index in [0.29, 0.717) is 38.8 Å². The molecule has 5 heteroatoms. The molecular formula is C12H23NO4. The minimum absolute atomic E-state index is 0.274. The number of methoxy groups -OCH3 is 1. The van der Waals surface area contributed by atoms with Gasteiger partial charge in [0.1, 0.15) is 0 Å². The molecule has 17 heavy (non-hydrogen) atoms. The summed E-state index contributed by atoms with van der Waals surface area (Å²) in [7, 11) is 1.67. The third kappa shape index (κ3) is 5.02. The minimum atomic E-state index is -0.736. The quantitative estimate of drug-likeness (QED) is 0.573. The van der Waals surface area contributed by atoms with Crippen LogP contribution in [0.1, 0.15) is 32.1 Å². The molecule has 5 nitrogen and oxygen atoms in total. The lowest BCUT2D eigenvalue weighted by Crippen LogP contribution is -2.44. The summed E-state index contributed by atoms with van der Waals surface area (Å²) in [5, 5.41) is 22.3. The molecule has 1 rings (SSSR count). The van der Waals surface area contributed by atoms with Crippen LogP contribution in [0.4, 0.5) is 0 Å². The third-order valence-electron chi connectivity index (χ3n) is 3.42. The summed E-state index contributed by atoms with van der Waals surface area (Å²) in [6.45, 7) is 2.08. The molecule has 0 saturated heterocycles. The molecule has 1 aliphatic rings. The summed E-state index contributed by atoms with van der Waals surface area (Å²) in [4.78, 5) is 10.8. The molecular weight excluding hydrogens is 222 g/mol. The van der Waals surface area contributed by atoms with Crippen molar-refractivity contribution in [3.63, 3.8) is 0 Å². The lowest BCUT2D eigenvalue weighted by molar-refractivity contribution is -0.144. The first-order valence-electron chi connectivity index (χ1n) is 6.22. The first kappa shape index (κ1) is 14.4. The maximum absolute atomic E-state index is 10.8. The van der Waals surface area contributed by atoms with Gasteiger partial charge in [0.2, 0.25) is 0 Å². The molecule has 1 aliphatic carbocycles. The molecule has 0 unspecified atom stereocenters. The average molecular weight is 245 g/mol. The van der Waals surface area contributed by atoms with E-state index in [1.807, 2.05) is 0 Å². The predicted octanol–water partition coefficient (Wildman–Crippen LogP) is 0.618. The van der Waals surface area contributed by atoms with Gasteiger partial charge in [0.05, 0.1) is 11.5 Å². The van der Waals surface area contributed by atoms with Crippen molar-refractivity contribution >= 4 is 5.97 Å². The van der Waals surface area contributed by atoms with Crippen LogP contribution < -0.4 is 5.32 Å². The van der Waals surface area contributed by atoms with Crippen LogP contribution >= 0.6 is 0 Å². The second-order valence-corrected chi connectivity index (χ2v) is 4.86. The maximum Gasteiger partial charge on any atom is 0.306 e. The molecule has 1 saturated carbocycles. The number of nitrogens with one attached hydrogen (secondary N) is 1. The molecule has 0 bridgehead atoms. The highest BCUT2D eigenvalue weighted by atomic mass is 16.5. The van der Waals surface area contributed by atoms with E-state index in [2.05, 4.69) is 5.32 Å². The Kier molecular flexibility index (Phi) is 5.88. The van der Waals surface area contributed by atoms with Crippen molar-refractivity contribution in [2.24, 2.45) is 5.92 Å². The Balaban J connectivity index is 2.18. The fourth-order valence-corrected chi connectivity index (χ4v) is 2.24. The second-order valence-electron chi connectivity index (χ2n) is 4.86. The summed E-state index contributed by atoms with van der Waals surface area (Å²) >= 11 is 0. The van der Waals surface area contributed by atoms with Crippen molar-refractivity contribution in [1.29, 1.82) is 0 Å². The van der Waals surface area contributed by atoms with Crippen molar-refractivity contribution in [3.8, 4) is 0 Å². The number of hydrogen-bond acceptors (Lipinski definition) is 4. The number of carboxylic acid groups (broad SMARTS) is 1. The first-order valence-corrected chi connectivity index (χ1v) is 6.22. The van der Waals surface area contributed by atoms with Crippen molar-refractivity contribution < 1.29 is 19.7 Å². The fraction of sp³-hybridized carbons (Fsp3) is 0.917. The van der Waals surface area contributed by atoms with Crippen molar-refractivity contribution in [3.05, 3.63) is 0 Å². The Hall–Kier alpha value is -0.650. The van der Waals surface area contributed by atoms with Crippen LogP contribution in [-0.4, -0.2) is 48.6 Å². The van der Waals surface area contributed by atoms with Gasteiger partial charge in [-0.1, -0.05) is 0 Å². The monoisotopic (exact) mass is 245 g/mol. The zero-order valence-corrected chi connectivity index (χ0v) is 10.4. The van der Waals surface area contributed by atoms with E-state index in [-0.39, 0.29) is 5.92 Å². The molecule has 0 spiro atoms. The Labute approximate surface area is 102 Å². The van der Waals surface area contributed by atoms with Gasteiger partial charge < -0.3 is 20.3 Å². The van der Waals surface area contributed by atoms with Crippen LogP contribution in [0.2, 0.25) is 0 Å². The van der Waals surface area contributed by atoms with Crippen molar-refractivity contribution in [2.45, 2.75) is 37.7 Å². The standard InChI is InChI=1S/C12H23NO4/c1-17-8-2-7-13-9-12(16)5-3-10(4-6-12)11(14)15/h10,13,16H,2-9H2,1H3,(H,14,15). The van der Waals surface area contributed by atoms with Crippen LogP contribution in [0.3, 0.4) is 0 Å². The number of aliphatic carboxylic acids is 1. The van der Waals surface area contributed by atoms with Gasteiger partial charge in [0, 0.05) is 20.3 Å². The van der Waals surface area contributed by atoms with Gasteiger partial charge in [-0.3, -0.25) is 4.79 Å². The summed E-state index contributed by atoms with van der Waals surface area (Å²) in [6.07, 6.45) is 3.21. The van der Waals surface area contributed by atoms with E-state index in [1.165, 1.54) is 0 Å². The fourth-order valence-electron chi connectivity index (χ4n) is 2.24. The van der Waals surface area contributed by atoms with Gasteiger partial charge in [-0.2, -0.15) is 0 Å². The molecule has 0 aromatic heterocycles. The molecule has 3 N–H and O–H groups in total. The van der Waals surface area contributed by atoms with E-state index < -0.39 is 11.6 Å². The zero-order valence-electron chi connectivity index (χ0n) is 10.4. The van der Waals surface area contributed by atoms with Crippen LogP contribution in [-0.2, 0) is 9.53 Å². The molecule has 0 amide bonds. The van der Waals surface area contributed by atoms with Gasteiger partial charge in [-0.25, -0.2) is 0 Å². The molecule has 0 atom stereocenters. The normalized spacial score (nSPS) is 29.2. The third-order valence-corrected chi connectivity index (χ3v) is 3.42. The van der Waals surface area contributed by atoms with E-state index in [4.69, 9.17) is 9.84 Å². The summed E-state index contributed by atoms with van der Waals surface area (Å²) in [5.74, 6) is -1.01. The minimum Gasteiger partial charge on any atom is -0.481 e. The van der Waals surface area contributed by atoms with Crippen molar-refractivity contribution in [2.75, 3.05) is 26.8 Å². The zero-order chi connectivity index (χ0) is 12.7. The van der Waals surface area contributed by atoms with Crippen molar-refractivity contribution in [1.82, 2.24) is 5.32 Å². The Morgan fingerprint density at radius 3 is 2.65 bits per heavy atom. The highest BCUT2D eigenvalue weighted by Crippen LogP contribution is 2.31. The number of rotatable bonds is 7. The van der Waals surface area contributed by atoms with Gasteiger partial charge in [0.15, 0.2) is 0 Å². The lowest BCUT2D eigenvalue weighted by atomic mass is 9.79. The predicted molar refractivity (Wildman–Crippen MR) is 63.9 cm³/mol. The highest BCUT2D eigenvalue weighted by Gasteiger charge is 2.35. The Morgan fingerprint density at radius 2 is 2.12 bits per heavy atom. The summed E-state index contributed by atoms with van der Waals surface area (Å²) in [6, 6.07) is 0.